The minimum absolute atomic E-state index is 0.499. The van der Waals surface area contributed by atoms with Gasteiger partial charge in [0.1, 0.15) is 0 Å². The Labute approximate surface area is 125 Å². The topological polar surface area (TPSA) is 18.5 Å². The van der Waals surface area contributed by atoms with Crippen LogP contribution in [0.4, 0.5) is 13.2 Å². The molecule has 0 aliphatic carbocycles. The molecule has 0 amide bonds. The van der Waals surface area contributed by atoms with Gasteiger partial charge < -0.3 is 8.85 Å². The Morgan fingerprint density at radius 1 is 0.905 bits per heavy atom. The van der Waals surface area contributed by atoms with Crippen LogP contribution in [-0.2, 0) is 15.3 Å². The largest absolute Gasteiger partial charge is 0.398 e. The van der Waals surface area contributed by atoms with E-state index in [1.807, 2.05) is 6.55 Å². The smallest absolute Gasteiger partial charge is 0.334 e. The lowest BCUT2D eigenvalue weighted by Crippen LogP contribution is -2.35. The molecule has 0 aliphatic heterocycles. The second-order valence-corrected chi connectivity index (χ2v) is 8.91. The maximum Gasteiger partial charge on any atom is 0.334 e. The molecule has 0 heterocycles. The lowest BCUT2D eigenvalue weighted by molar-refractivity contribution is 0.248. The van der Waals surface area contributed by atoms with Crippen molar-refractivity contribution in [2.75, 3.05) is 14.2 Å². The van der Waals surface area contributed by atoms with Crippen LogP contribution in [-0.4, -0.2) is 22.8 Å². The first-order valence-corrected chi connectivity index (χ1v) is 9.68. The SMILES string of the molecule is CO[Si](C)(CCCCCCc1cc(F)c(F)c(F)c1)OC. The molecular weight excluding hydrogens is 297 g/mol. The molecule has 0 saturated carbocycles. The fourth-order valence-electron chi connectivity index (χ4n) is 2.17. The van der Waals surface area contributed by atoms with E-state index in [0.717, 1.165) is 43.9 Å². The number of hydrogen-bond donors (Lipinski definition) is 0. The van der Waals surface area contributed by atoms with Gasteiger partial charge in [0.05, 0.1) is 0 Å². The molecule has 0 bridgehead atoms. The highest BCUT2D eigenvalue weighted by molar-refractivity contribution is 6.65. The van der Waals surface area contributed by atoms with E-state index in [2.05, 4.69) is 0 Å². The van der Waals surface area contributed by atoms with Crippen LogP contribution in [0.3, 0.4) is 0 Å². The molecule has 1 aromatic carbocycles. The van der Waals surface area contributed by atoms with Gasteiger partial charge in [-0.15, -0.1) is 0 Å². The van der Waals surface area contributed by atoms with E-state index in [1.165, 1.54) is 0 Å². The van der Waals surface area contributed by atoms with Crippen molar-refractivity contribution in [1.82, 2.24) is 0 Å². The zero-order valence-electron chi connectivity index (χ0n) is 12.8. The molecule has 1 aromatic rings. The monoisotopic (exact) mass is 320 g/mol. The lowest BCUT2D eigenvalue weighted by atomic mass is 10.1. The molecule has 120 valence electrons. The third kappa shape index (κ3) is 5.80. The van der Waals surface area contributed by atoms with Gasteiger partial charge in [0.2, 0.25) is 0 Å². The van der Waals surface area contributed by atoms with E-state index in [-0.39, 0.29) is 0 Å². The van der Waals surface area contributed by atoms with Crippen molar-refractivity contribution in [1.29, 1.82) is 0 Å². The van der Waals surface area contributed by atoms with Crippen molar-refractivity contribution < 1.29 is 22.0 Å². The Bertz CT molecular complexity index is 428. The van der Waals surface area contributed by atoms with Crippen molar-refractivity contribution in [3.05, 3.63) is 35.1 Å². The maximum absolute atomic E-state index is 13.0. The predicted molar refractivity (Wildman–Crippen MR) is 78.9 cm³/mol. The van der Waals surface area contributed by atoms with Crippen LogP contribution >= 0.6 is 0 Å². The predicted octanol–water partition coefficient (Wildman–Crippen LogP) is 4.57. The molecular formula is C15H23F3O2Si. The molecule has 0 N–H and O–H groups in total. The molecule has 0 aromatic heterocycles. The Balaban J connectivity index is 2.26. The van der Waals surface area contributed by atoms with Crippen LogP contribution in [0.5, 0.6) is 0 Å². The van der Waals surface area contributed by atoms with E-state index in [0.29, 0.717) is 12.0 Å². The molecule has 0 radical (unpaired) electrons. The summed E-state index contributed by atoms with van der Waals surface area (Å²) in [4.78, 5) is 0. The Morgan fingerprint density at radius 2 is 1.43 bits per heavy atom. The van der Waals surface area contributed by atoms with E-state index in [1.54, 1.807) is 14.2 Å². The highest BCUT2D eigenvalue weighted by Gasteiger charge is 2.27. The molecule has 1 rings (SSSR count). The highest BCUT2D eigenvalue weighted by Crippen LogP contribution is 2.18. The van der Waals surface area contributed by atoms with Crippen LogP contribution in [0.25, 0.3) is 0 Å². The van der Waals surface area contributed by atoms with Gasteiger partial charge in [0.15, 0.2) is 17.5 Å². The van der Waals surface area contributed by atoms with Gasteiger partial charge in [0, 0.05) is 14.2 Å². The molecule has 0 aliphatic rings. The molecule has 0 unspecified atom stereocenters. The summed E-state index contributed by atoms with van der Waals surface area (Å²) < 4.78 is 49.7. The number of rotatable bonds is 9. The summed E-state index contributed by atoms with van der Waals surface area (Å²) in [5, 5.41) is 0. The Kier molecular flexibility index (Phi) is 7.41. The maximum atomic E-state index is 13.0. The third-order valence-corrected chi connectivity index (χ3v) is 6.74. The first-order chi connectivity index (χ1) is 9.91. The average molecular weight is 320 g/mol. The van der Waals surface area contributed by atoms with E-state index >= 15 is 0 Å². The molecule has 2 nitrogen and oxygen atoms in total. The third-order valence-electron chi connectivity index (χ3n) is 3.75. The van der Waals surface area contributed by atoms with E-state index in [9.17, 15) is 13.2 Å². The average Bonchev–Trinajstić information content (AvgIpc) is 2.47. The van der Waals surface area contributed by atoms with Crippen LogP contribution in [0.15, 0.2) is 12.1 Å². The standard InChI is InChI=1S/C15H23F3O2Si/c1-19-21(3,20-2)9-7-5-4-6-8-12-10-13(16)15(18)14(17)11-12/h10-11H,4-9H2,1-3H3. The first-order valence-electron chi connectivity index (χ1n) is 7.15. The minimum Gasteiger partial charge on any atom is -0.398 e. The van der Waals surface area contributed by atoms with Gasteiger partial charge in [-0.2, -0.15) is 0 Å². The normalized spacial score (nSPS) is 11.9. The van der Waals surface area contributed by atoms with Gasteiger partial charge in [-0.1, -0.05) is 19.3 Å². The molecule has 0 fully saturated rings. The van der Waals surface area contributed by atoms with E-state index < -0.39 is 26.0 Å². The number of aryl methyl sites for hydroxylation is 1. The second-order valence-electron chi connectivity index (χ2n) is 5.33. The van der Waals surface area contributed by atoms with Crippen LogP contribution in [0.1, 0.15) is 31.2 Å². The van der Waals surface area contributed by atoms with Gasteiger partial charge in [0.25, 0.3) is 0 Å². The molecule has 0 spiro atoms. The van der Waals surface area contributed by atoms with Crippen molar-refractivity contribution in [3.63, 3.8) is 0 Å². The number of hydrogen-bond acceptors (Lipinski definition) is 2. The summed E-state index contributed by atoms with van der Waals surface area (Å²) in [7, 11) is 1.36. The quantitative estimate of drug-likeness (QED) is 0.377. The van der Waals surface area contributed by atoms with Crippen LogP contribution in [0, 0.1) is 17.5 Å². The zero-order valence-corrected chi connectivity index (χ0v) is 13.8. The second kappa shape index (κ2) is 8.56. The first kappa shape index (κ1) is 18.2. The van der Waals surface area contributed by atoms with Gasteiger partial charge in [-0.05, 0) is 43.1 Å². The summed E-state index contributed by atoms with van der Waals surface area (Å²) in [6.07, 6.45) is 4.36. The summed E-state index contributed by atoms with van der Waals surface area (Å²) in [6.45, 7) is 2.02. The zero-order chi connectivity index (χ0) is 15.9. The summed E-state index contributed by atoms with van der Waals surface area (Å²) in [6, 6.07) is 3.07. The molecule has 21 heavy (non-hydrogen) atoms. The van der Waals surface area contributed by atoms with Crippen LogP contribution in [0.2, 0.25) is 12.6 Å². The molecule has 6 heteroatoms. The minimum atomic E-state index is -1.98. The van der Waals surface area contributed by atoms with Crippen molar-refractivity contribution >= 4 is 8.56 Å². The van der Waals surface area contributed by atoms with Crippen LogP contribution < -0.4 is 0 Å². The lowest BCUT2D eigenvalue weighted by Gasteiger charge is -2.22. The Morgan fingerprint density at radius 3 is 1.95 bits per heavy atom. The Hall–Kier alpha value is -0.853. The number of unbranched alkanes of at least 4 members (excludes halogenated alkanes) is 3. The number of halogens is 3. The van der Waals surface area contributed by atoms with E-state index in [4.69, 9.17) is 8.85 Å². The van der Waals surface area contributed by atoms with Gasteiger partial charge >= 0.3 is 8.56 Å². The molecule has 0 atom stereocenters. The van der Waals surface area contributed by atoms with Crippen molar-refractivity contribution in [3.8, 4) is 0 Å². The highest BCUT2D eigenvalue weighted by atomic mass is 28.4. The van der Waals surface area contributed by atoms with Gasteiger partial charge in [-0.25, -0.2) is 13.2 Å². The summed E-state index contributed by atoms with van der Waals surface area (Å²) >= 11 is 0. The van der Waals surface area contributed by atoms with Gasteiger partial charge in [-0.3, -0.25) is 0 Å². The fourth-order valence-corrected chi connectivity index (χ4v) is 3.64. The fraction of sp³-hybridized carbons (Fsp3) is 0.600. The molecule has 0 saturated heterocycles. The summed E-state index contributed by atoms with van der Waals surface area (Å²) in [5.74, 6) is -3.64. The van der Waals surface area contributed by atoms with Crippen molar-refractivity contribution in [2.45, 2.75) is 44.7 Å². The number of benzene rings is 1. The summed E-state index contributed by atoms with van der Waals surface area (Å²) in [5.41, 5.74) is 0.499. The van der Waals surface area contributed by atoms with Crippen molar-refractivity contribution in [2.24, 2.45) is 0 Å².